The molecule has 0 amide bonds. The van der Waals surface area contributed by atoms with E-state index in [9.17, 15) is 13.6 Å². The van der Waals surface area contributed by atoms with Crippen molar-refractivity contribution in [3.63, 3.8) is 0 Å². The molecule has 0 bridgehead atoms. The van der Waals surface area contributed by atoms with Gasteiger partial charge in [0.05, 0.1) is 5.57 Å². The molecule has 1 aliphatic rings. The Bertz CT molecular complexity index is 323. The molecule has 0 aromatic heterocycles. The summed E-state index contributed by atoms with van der Waals surface area (Å²) in [6.07, 6.45) is 1.50. The third-order valence-electron chi connectivity index (χ3n) is 2.10. The molecule has 14 heavy (non-hydrogen) atoms. The first-order chi connectivity index (χ1) is 6.37. The molecule has 0 spiro atoms. The lowest BCUT2D eigenvalue weighted by atomic mass is 9.96. The predicted molar refractivity (Wildman–Crippen MR) is 46.7 cm³/mol. The molecule has 1 heterocycles. The first-order valence-electron chi connectivity index (χ1n) is 4.15. The maximum atomic E-state index is 13.8. The van der Waals surface area contributed by atoms with E-state index in [4.69, 9.17) is 5.11 Å². The summed E-state index contributed by atoms with van der Waals surface area (Å²) in [6, 6.07) is 0. The van der Waals surface area contributed by atoms with Gasteiger partial charge in [0.2, 0.25) is 5.79 Å². The summed E-state index contributed by atoms with van der Waals surface area (Å²) in [5, 5.41) is 10.8. The molecule has 0 saturated heterocycles. The van der Waals surface area contributed by atoms with Gasteiger partial charge in [0.15, 0.2) is 5.83 Å². The van der Waals surface area contributed by atoms with Gasteiger partial charge in [0, 0.05) is 12.1 Å². The number of nitrogens with one attached hydrogen (secondary N) is 1. The van der Waals surface area contributed by atoms with Crippen molar-refractivity contribution in [3.05, 3.63) is 23.7 Å². The van der Waals surface area contributed by atoms with E-state index in [1.807, 2.05) is 0 Å². The number of carboxylic acids is 1. The fourth-order valence-electron chi connectivity index (χ4n) is 1.07. The van der Waals surface area contributed by atoms with Crippen molar-refractivity contribution >= 4 is 5.97 Å². The molecule has 1 aliphatic heterocycles. The van der Waals surface area contributed by atoms with Crippen molar-refractivity contribution in [1.29, 1.82) is 0 Å². The zero-order valence-corrected chi connectivity index (χ0v) is 7.84. The Labute approximate surface area is 80.1 Å². The monoisotopic (exact) mass is 203 g/mol. The van der Waals surface area contributed by atoms with Gasteiger partial charge in [-0.2, -0.15) is 0 Å². The van der Waals surface area contributed by atoms with Crippen LogP contribution in [-0.2, 0) is 4.79 Å². The Kier molecular flexibility index (Phi) is 2.59. The summed E-state index contributed by atoms with van der Waals surface area (Å²) >= 11 is 0. The number of hydrogen-bond acceptors (Lipinski definition) is 2. The van der Waals surface area contributed by atoms with E-state index in [0.717, 1.165) is 12.3 Å². The minimum atomic E-state index is -2.00. The van der Waals surface area contributed by atoms with Crippen molar-refractivity contribution in [2.24, 2.45) is 5.92 Å². The van der Waals surface area contributed by atoms with E-state index in [2.05, 4.69) is 5.32 Å². The van der Waals surface area contributed by atoms with E-state index < -0.39 is 29.1 Å². The van der Waals surface area contributed by atoms with E-state index in [1.54, 1.807) is 13.8 Å². The minimum absolute atomic E-state index is 0.485. The molecule has 0 radical (unpaired) electrons. The van der Waals surface area contributed by atoms with Gasteiger partial charge in [-0.3, -0.25) is 0 Å². The van der Waals surface area contributed by atoms with Gasteiger partial charge in [0.1, 0.15) is 0 Å². The van der Waals surface area contributed by atoms with E-state index in [0.29, 0.717) is 0 Å². The second-order valence-corrected chi connectivity index (χ2v) is 3.42. The second-order valence-electron chi connectivity index (χ2n) is 3.42. The lowest BCUT2D eigenvalue weighted by Gasteiger charge is -2.29. The quantitative estimate of drug-likeness (QED) is 0.672. The smallest absolute Gasteiger partial charge is 0.338 e. The van der Waals surface area contributed by atoms with E-state index in [-0.39, 0.29) is 0 Å². The van der Waals surface area contributed by atoms with Gasteiger partial charge in [-0.05, 0) is 6.08 Å². The molecule has 0 saturated carbocycles. The highest BCUT2D eigenvalue weighted by Gasteiger charge is 2.35. The van der Waals surface area contributed by atoms with Crippen LogP contribution in [0.3, 0.4) is 0 Å². The van der Waals surface area contributed by atoms with Crippen molar-refractivity contribution in [2.45, 2.75) is 19.6 Å². The SMILES string of the molecule is CC(C)C1(F)C=C(C(=O)O)C(F)=CN1. The number of halogens is 2. The molecule has 0 aromatic rings. The van der Waals surface area contributed by atoms with Crippen molar-refractivity contribution in [1.82, 2.24) is 5.32 Å². The number of carboxylic acid groups (broad SMARTS) is 1. The van der Waals surface area contributed by atoms with Crippen LogP contribution in [0.15, 0.2) is 23.7 Å². The van der Waals surface area contributed by atoms with Gasteiger partial charge in [-0.1, -0.05) is 13.8 Å². The molecule has 5 heteroatoms. The summed E-state index contributed by atoms with van der Waals surface area (Å²) in [5.74, 6) is -4.92. The summed E-state index contributed by atoms with van der Waals surface area (Å²) in [7, 11) is 0. The maximum Gasteiger partial charge on any atom is 0.338 e. The lowest BCUT2D eigenvalue weighted by molar-refractivity contribution is -0.132. The maximum absolute atomic E-state index is 13.8. The van der Waals surface area contributed by atoms with Crippen LogP contribution in [-0.4, -0.2) is 16.9 Å². The van der Waals surface area contributed by atoms with Crippen molar-refractivity contribution in [2.75, 3.05) is 0 Å². The lowest BCUT2D eigenvalue weighted by Crippen LogP contribution is -2.43. The van der Waals surface area contributed by atoms with Crippen molar-refractivity contribution in [3.8, 4) is 0 Å². The average Bonchev–Trinajstić information content (AvgIpc) is 2.09. The number of dihydropyridines is 1. The van der Waals surface area contributed by atoms with Gasteiger partial charge in [-0.15, -0.1) is 0 Å². The average molecular weight is 203 g/mol. The standard InChI is InChI=1S/C9H11F2NO2/c1-5(2)9(11)3-6(8(13)14)7(10)4-12-9/h3-5,12H,1-2H3,(H,13,14). The van der Waals surface area contributed by atoms with Gasteiger partial charge in [-0.25, -0.2) is 13.6 Å². The van der Waals surface area contributed by atoms with Crippen LogP contribution in [0.5, 0.6) is 0 Å². The van der Waals surface area contributed by atoms with Crippen LogP contribution in [0.4, 0.5) is 8.78 Å². The normalized spacial score (nSPS) is 26.6. The minimum Gasteiger partial charge on any atom is -0.478 e. The fourth-order valence-corrected chi connectivity index (χ4v) is 1.07. The molecule has 0 aromatic carbocycles. The van der Waals surface area contributed by atoms with Crippen LogP contribution < -0.4 is 5.32 Å². The van der Waals surface area contributed by atoms with Crippen LogP contribution in [0, 0.1) is 5.92 Å². The topological polar surface area (TPSA) is 49.3 Å². The number of alkyl halides is 1. The van der Waals surface area contributed by atoms with E-state index in [1.165, 1.54) is 0 Å². The summed E-state index contributed by atoms with van der Waals surface area (Å²) in [5.41, 5.74) is -0.639. The molecule has 2 N–H and O–H groups in total. The third kappa shape index (κ3) is 1.76. The Morgan fingerprint density at radius 2 is 2.21 bits per heavy atom. The molecule has 0 aliphatic carbocycles. The van der Waals surface area contributed by atoms with Gasteiger partial charge >= 0.3 is 5.97 Å². The first kappa shape index (κ1) is 10.7. The number of carbonyl (C=O) groups is 1. The molecule has 1 atom stereocenters. The molecular formula is C9H11F2NO2. The van der Waals surface area contributed by atoms with Gasteiger partial charge < -0.3 is 10.4 Å². The zero-order valence-electron chi connectivity index (χ0n) is 7.84. The molecule has 1 unspecified atom stereocenters. The second kappa shape index (κ2) is 3.40. The Morgan fingerprint density at radius 1 is 1.64 bits per heavy atom. The first-order valence-corrected chi connectivity index (χ1v) is 4.15. The number of aliphatic carboxylic acids is 1. The summed E-state index contributed by atoms with van der Waals surface area (Å²) < 4.78 is 26.7. The Hall–Kier alpha value is -1.39. The Balaban J connectivity index is 3.07. The third-order valence-corrected chi connectivity index (χ3v) is 2.10. The van der Waals surface area contributed by atoms with Gasteiger partial charge in [0.25, 0.3) is 0 Å². The van der Waals surface area contributed by atoms with Crippen LogP contribution in [0.25, 0.3) is 0 Å². The molecule has 0 fully saturated rings. The highest BCUT2D eigenvalue weighted by molar-refractivity contribution is 5.91. The van der Waals surface area contributed by atoms with Crippen LogP contribution in [0.1, 0.15) is 13.8 Å². The highest BCUT2D eigenvalue weighted by atomic mass is 19.1. The largest absolute Gasteiger partial charge is 0.478 e. The Morgan fingerprint density at radius 3 is 2.64 bits per heavy atom. The highest BCUT2D eigenvalue weighted by Crippen LogP contribution is 2.28. The van der Waals surface area contributed by atoms with E-state index >= 15 is 0 Å². The molecule has 78 valence electrons. The molecule has 3 nitrogen and oxygen atoms in total. The number of rotatable bonds is 2. The molecular weight excluding hydrogens is 192 g/mol. The molecule has 1 rings (SSSR count). The van der Waals surface area contributed by atoms with Crippen LogP contribution in [0.2, 0.25) is 0 Å². The van der Waals surface area contributed by atoms with Crippen molar-refractivity contribution < 1.29 is 18.7 Å². The zero-order chi connectivity index (χ0) is 10.9. The fraction of sp³-hybridized carbons (Fsp3) is 0.444. The number of hydrogen-bond donors (Lipinski definition) is 2. The predicted octanol–water partition coefficient (Wildman–Crippen LogP) is 1.73. The van der Waals surface area contributed by atoms with Crippen LogP contribution >= 0.6 is 0 Å². The summed E-state index contributed by atoms with van der Waals surface area (Å²) in [4.78, 5) is 10.5. The summed E-state index contributed by atoms with van der Waals surface area (Å²) in [6.45, 7) is 3.14.